The van der Waals surface area contributed by atoms with E-state index >= 15 is 0 Å². The third-order valence-corrected chi connectivity index (χ3v) is 5.19. The van der Waals surface area contributed by atoms with E-state index in [1.54, 1.807) is 13.0 Å². The molecule has 0 aromatic heterocycles. The van der Waals surface area contributed by atoms with Crippen LogP contribution in [0.15, 0.2) is 21.5 Å². The van der Waals surface area contributed by atoms with Gasteiger partial charge in [0.15, 0.2) is 0 Å². The van der Waals surface area contributed by atoms with Crippen molar-refractivity contribution in [1.29, 1.82) is 0 Å². The molecule has 7 heteroatoms. The van der Waals surface area contributed by atoms with Crippen LogP contribution in [0.4, 0.5) is 0 Å². The van der Waals surface area contributed by atoms with Crippen molar-refractivity contribution >= 4 is 41.6 Å². The number of carbonyl (C=O) groups is 1. The van der Waals surface area contributed by atoms with Gasteiger partial charge in [-0.3, -0.25) is 4.79 Å². The molecule has 0 radical (unpaired) electrons. The first-order valence-corrected chi connectivity index (χ1v) is 9.05. The molecule has 0 saturated heterocycles. The number of carbonyl (C=O) groups excluding carboxylic acids is 1. The average molecular weight is 383 g/mol. The second-order valence-corrected chi connectivity index (χ2v) is 9.11. The lowest BCUT2D eigenvalue weighted by molar-refractivity contribution is 0.0939. The van der Waals surface area contributed by atoms with Crippen molar-refractivity contribution in [3.8, 4) is 0 Å². The van der Waals surface area contributed by atoms with Crippen LogP contribution in [-0.2, 0) is 9.05 Å². The maximum Gasteiger partial charge on any atom is 0.262 e. The van der Waals surface area contributed by atoms with Gasteiger partial charge in [0.25, 0.3) is 15.0 Å². The molecule has 0 atom stereocenters. The summed E-state index contributed by atoms with van der Waals surface area (Å²) in [5.41, 5.74) is 0.850. The minimum Gasteiger partial charge on any atom is -0.352 e. The van der Waals surface area contributed by atoms with Gasteiger partial charge in [-0.2, -0.15) is 0 Å². The summed E-state index contributed by atoms with van der Waals surface area (Å²) < 4.78 is 23.4. The molecule has 4 nitrogen and oxygen atoms in total. The molecule has 0 aliphatic rings. The molecule has 0 aliphatic heterocycles. The van der Waals surface area contributed by atoms with Gasteiger partial charge in [0, 0.05) is 27.3 Å². The molecule has 112 valence electrons. The Kier molecular flexibility index (Phi) is 5.27. The highest BCUT2D eigenvalue weighted by atomic mass is 79.9. The van der Waals surface area contributed by atoms with Crippen LogP contribution in [0.2, 0.25) is 0 Å². The molecule has 1 N–H and O–H groups in total. The van der Waals surface area contributed by atoms with E-state index in [0.29, 0.717) is 16.6 Å². The first-order valence-electron chi connectivity index (χ1n) is 5.95. The standard InChI is InChI=1S/C13H17BrClNO3S/c1-8-5-9(12(17)16-7-13(2,3)4)6-10(11(8)14)20(15,18)19/h5-6H,7H2,1-4H3,(H,16,17). The smallest absolute Gasteiger partial charge is 0.262 e. The highest BCUT2D eigenvalue weighted by Gasteiger charge is 2.20. The highest BCUT2D eigenvalue weighted by Crippen LogP contribution is 2.29. The first kappa shape index (κ1) is 17.5. The summed E-state index contributed by atoms with van der Waals surface area (Å²) in [6.07, 6.45) is 0. The third kappa shape index (κ3) is 4.75. The number of amides is 1. The fourth-order valence-corrected chi connectivity index (χ4v) is 3.65. The lowest BCUT2D eigenvalue weighted by atomic mass is 9.97. The monoisotopic (exact) mass is 381 g/mol. The Hall–Kier alpha value is -0.590. The summed E-state index contributed by atoms with van der Waals surface area (Å²) in [6, 6.07) is 2.89. The molecule has 1 aromatic carbocycles. The van der Waals surface area contributed by atoms with E-state index in [-0.39, 0.29) is 21.8 Å². The Morgan fingerprint density at radius 3 is 2.35 bits per heavy atom. The van der Waals surface area contributed by atoms with Crippen molar-refractivity contribution in [1.82, 2.24) is 5.32 Å². The van der Waals surface area contributed by atoms with Crippen LogP contribution in [0, 0.1) is 12.3 Å². The first-order chi connectivity index (χ1) is 8.92. The van der Waals surface area contributed by atoms with E-state index in [9.17, 15) is 13.2 Å². The fraction of sp³-hybridized carbons (Fsp3) is 0.462. The van der Waals surface area contributed by atoms with Crippen LogP contribution in [-0.4, -0.2) is 20.9 Å². The normalized spacial score (nSPS) is 12.3. The van der Waals surface area contributed by atoms with Gasteiger partial charge in [0.1, 0.15) is 0 Å². The van der Waals surface area contributed by atoms with E-state index in [4.69, 9.17) is 10.7 Å². The minimum absolute atomic E-state index is 0.0541. The summed E-state index contributed by atoms with van der Waals surface area (Å²) in [5.74, 6) is -0.322. The fourth-order valence-electron chi connectivity index (χ4n) is 1.49. The Morgan fingerprint density at radius 2 is 1.90 bits per heavy atom. The molecule has 1 amide bonds. The molecule has 0 heterocycles. The van der Waals surface area contributed by atoms with Crippen molar-refractivity contribution < 1.29 is 13.2 Å². The lowest BCUT2D eigenvalue weighted by Crippen LogP contribution is -2.32. The lowest BCUT2D eigenvalue weighted by Gasteiger charge is -2.19. The van der Waals surface area contributed by atoms with E-state index in [2.05, 4.69) is 21.2 Å². The largest absolute Gasteiger partial charge is 0.352 e. The molecule has 0 spiro atoms. The number of hydrogen-bond acceptors (Lipinski definition) is 3. The number of halogens is 2. The zero-order valence-electron chi connectivity index (χ0n) is 11.8. The average Bonchev–Trinajstić information content (AvgIpc) is 2.26. The summed E-state index contributed by atoms with van der Waals surface area (Å²) in [7, 11) is 1.46. The molecule has 20 heavy (non-hydrogen) atoms. The Balaban J connectivity index is 3.15. The molecule has 0 fully saturated rings. The molecule has 0 unspecified atom stereocenters. The number of hydrogen-bond donors (Lipinski definition) is 1. The number of rotatable bonds is 3. The second-order valence-electron chi connectivity index (χ2n) is 5.79. The molecule has 0 saturated carbocycles. The molecule has 0 bridgehead atoms. The van der Waals surface area contributed by atoms with Gasteiger partial charge in [0.2, 0.25) is 0 Å². The number of nitrogens with one attached hydrogen (secondary N) is 1. The Morgan fingerprint density at radius 1 is 1.35 bits per heavy atom. The van der Waals surface area contributed by atoms with Gasteiger partial charge >= 0.3 is 0 Å². The van der Waals surface area contributed by atoms with Crippen LogP contribution in [0.3, 0.4) is 0 Å². The summed E-state index contributed by atoms with van der Waals surface area (Å²) in [5, 5.41) is 2.77. The SMILES string of the molecule is Cc1cc(C(=O)NCC(C)(C)C)cc(S(=O)(=O)Cl)c1Br. The van der Waals surface area contributed by atoms with Gasteiger partial charge in [-0.15, -0.1) is 0 Å². The number of benzene rings is 1. The topological polar surface area (TPSA) is 63.2 Å². The Labute approximate surface area is 132 Å². The predicted molar refractivity (Wildman–Crippen MR) is 83.7 cm³/mol. The maximum atomic E-state index is 12.1. The van der Waals surface area contributed by atoms with Crippen LogP contribution in [0.25, 0.3) is 0 Å². The van der Waals surface area contributed by atoms with E-state index in [1.807, 2.05) is 20.8 Å². The van der Waals surface area contributed by atoms with Crippen molar-refractivity contribution in [2.24, 2.45) is 5.41 Å². The van der Waals surface area contributed by atoms with E-state index in [1.165, 1.54) is 6.07 Å². The van der Waals surface area contributed by atoms with E-state index in [0.717, 1.165) is 0 Å². The van der Waals surface area contributed by atoms with Crippen molar-refractivity contribution in [2.45, 2.75) is 32.6 Å². The van der Waals surface area contributed by atoms with Gasteiger partial charge < -0.3 is 5.32 Å². The van der Waals surface area contributed by atoms with Crippen LogP contribution in [0.5, 0.6) is 0 Å². The molecular weight excluding hydrogens is 366 g/mol. The summed E-state index contributed by atoms with van der Waals surface area (Å²) >= 11 is 3.17. The molecule has 0 aliphatic carbocycles. The summed E-state index contributed by atoms with van der Waals surface area (Å²) in [6.45, 7) is 8.18. The van der Waals surface area contributed by atoms with Gasteiger partial charge in [-0.05, 0) is 46.0 Å². The zero-order valence-corrected chi connectivity index (χ0v) is 14.9. The predicted octanol–water partition coefficient (Wildman–Crippen LogP) is 3.46. The van der Waals surface area contributed by atoms with Gasteiger partial charge in [0.05, 0.1) is 4.90 Å². The molecular formula is C13H17BrClNO3S. The van der Waals surface area contributed by atoms with Crippen LogP contribution >= 0.6 is 26.6 Å². The highest BCUT2D eigenvalue weighted by molar-refractivity contribution is 9.10. The van der Waals surface area contributed by atoms with Crippen LogP contribution < -0.4 is 5.32 Å². The maximum absolute atomic E-state index is 12.1. The third-order valence-electron chi connectivity index (χ3n) is 2.53. The Bertz CT molecular complexity index is 636. The number of aryl methyl sites for hydroxylation is 1. The van der Waals surface area contributed by atoms with Crippen molar-refractivity contribution in [2.75, 3.05) is 6.54 Å². The van der Waals surface area contributed by atoms with Gasteiger partial charge in [-0.25, -0.2) is 8.42 Å². The quantitative estimate of drug-likeness (QED) is 0.814. The van der Waals surface area contributed by atoms with Gasteiger partial charge in [-0.1, -0.05) is 20.8 Å². The molecule has 1 rings (SSSR count). The minimum atomic E-state index is -3.91. The summed E-state index contributed by atoms with van der Waals surface area (Å²) in [4.78, 5) is 12.0. The zero-order chi connectivity index (χ0) is 15.7. The molecule has 1 aromatic rings. The van der Waals surface area contributed by atoms with Crippen LogP contribution in [0.1, 0.15) is 36.7 Å². The van der Waals surface area contributed by atoms with Crippen molar-refractivity contribution in [3.63, 3.8) is 0 Å². The second kappa shape index (κ2) is 6.03. The van der Waals surface area contributed by atoms with Crippen molar-refractivity contribution in [3.05, 3.63) is 27.7 Å². The van der Waals surface area contributed by atoms with E-state index < -0.39 is 9.05 Å².